The van der Waals surface area contributed by atoms with E-state index in [-0.39, 0.29) is 10.7 Å². The number of nitrogens with one attached hydrogen (secondary N) is 1. The number of carbonyl (C=O) groups is 2. The van der Waals surface area contributed by atoms with E-state index in [4.69, 9.17) is 17.0 Å². The molecule has 1 fully saturated rings. The number of hydrogen-bond acceptors (Lipinski definition) is 5. The zero-order chi connectivity index (χ0) is 22.0. The van der Waals surface area contributed by atoms with Crippen LogP contribution in [0.15, 0.2) is 66.4 Å². The van der Waals surface area contributed by atoms with Gasteiger partial charge in [0.15, 0.2) is 5.11 Å². The Bertz CT molecular complexity index is 1180. The predicted octanol–water partition coefficient (Wildman–Crippen LogP) is 3.84. The van der Waals surface area contributed by atoms with E-state index in [1.54, 1.807) is 41.2 Å². The van der Waals surface area contributed by atoms with Gasteiger partial charge in [0.1, 0.15) is 17.1 Å². The van der Waals surface area contributed by atoms with Gasteiger partial charge in [-0.2, -0.15) is 5.10 Å². The van der Waals surface area contributed by atoms with Crippen molar-refractivity contribution in [2.45, 2.75) is 20.4 Å². The molecule has 0 radical (unpaired) electrons. The van der Waals surface area contributed by atoms with Crippen LogP contribution in [0, 0.1) is 6.92 Å². The molecule has 2 aromatic carbocycles. The van der Waals surface area contributed by atoms with E-state index in [1.165, 1.54) is 4.90 Å². The Labute approximate surface area is 184 Å². The third-order valence-corrected chi connectivity index (χ3v) is 5.20. The molecule has 31 heavy (non-hydrogen) atoms. The first-order valence-corrected chi connectivity index (χ1v) is 10.2. The molecule has 1 aromatic heterocycles. The van der Waals surface area contributed by atoms with Gasteiger partial charge in [-0.25, -0.2) is 0 Å². The number of aryl methyl sites for hydroxylation is 1. The van der Waals surface area contributed by atoms with E-state index in [0.29, 0.717) is 29.3 Å². The molecule has 1 aliphatic heterocycles. The SMILES string of the molecule is CCn1ncc(/C=C2/C(=O)NC(=S)N(c3ccc(Oc4ccccc4)cc3)C2=O)c1C. The number of nitrogens with zero attached hydrogens (tertiary/aromatic N) is 3. The van der Waals surface area contributed by atoms with E-state index in [1.807, 2.05) is 44.2 Å². The number of benzene rings is 2. The third-order valence-electron chi connectivity index (χ3n) is 4.92. The predicted molar refractivity (Wildman–Crippen MR) is 122 cm³/mol. The Kier molecular flexibility index (Phi) is 5.64. The summed E-state index contributed by atoms with van der Waals surface area (Å²) >= 11 is 5.27. The summed E-state index contributed by atoms with van der Waals surface area (Å²) in [7, 11) is 0. The summed E-state index contributed by atoms with van der Waals surface area (Å²) < 4.78 is 7.59. The second kappa shape index (κ2) is 8.53. The van der Waals surface area contributed by atoms with Gasteiger partial charge in [0.25, 0.3) is 11.8 Å². The smallest absolute Gasteiger partial charge is 0.270 e. The number of thiocarbonyl (C=S) groups is 1. The van der Waals surface area contributed by atoms with Gasteiger partial charge in [0.2, 0.25) is 0 Å². The highest BCUT2D eigenvalue weighted by molar-refractivity contribution is 7.80. The quantitative estimate of drug-likeness (QED) is 0.377. The Hall–Kier alpha value is -3.78. The van der Waals surface area contributed by atoms with Gasteiger partial charge in [-0.1, -0.05) is 18.2 Å². The van der Waals surface area contributed by atoms with Crippen molar-refractivity contribution in [1.29, 1.82) is 0 Å². The molecule has 0 aliphatic carbocycles. The number of para-hydroxylation sites is 1. The normalized spacial score (nSPS) is 15.4. The van der Waals surface area contributed by atoms with Crippen molar-refractivity contribution in [3.05, 3.63) is 77.6 Å². The highest BCUT2D eigenvalue weighted by atomic mass is 32.1. The van der Waals surface area contributed by atoms with Crippen LogP contribution in [0.4, 0.5) is 5.69 Å². The molecule has 2 amide bonds. The van der Waals surface area contributed by atoms with Crippen molar-refractivity contribution in [1.82, 2.24) is 15.1 Å². The number of anilines is 1. The van der Waals surface area contributed by atoms with E-state index in [9.17, 15) is 9.59 Å². The molecule has 2 heterocycles. The highest BCUT2D eigenvalue weighted by Crippen LogP contribution is 2.27. The number of amides is 2. The topological polar surface area (TPSA) is 76.5 Å². The maximum Gasteiger partial charge on any atom is 0.270 e. The van der Waals surface area contributed by atoms with Crippen LogP contribution in [0.3, 0.4) is 0 Å². The average Bonchev–Trinajstić information content (AvgIpc) is 3.12. The summed E-state index contributed by atoms with van der Waals surface area (Å²) in [6.45, 7) is 4.56. The molecule has 156 valence electrons. The van der Waals surface area contributed by atoms with Gasteiger partial charge >= 0.3 is 0 Å². The standard InChI is InChI=1S/C23H20N4O3S/c1-3-26-15(2)16(14-24-26)13-20-21(28)25-23(31)27(22(20)29)17-9-11-19(12-10-17)30-18-7-5-4-6-8-18/h4-14H,3H2,1-2H3,(H,25,28,31)/b20-13-. The van der Waals surface area contributed by atoms with Crippen LogP contribution in [0.2, 0.25) is 0 Å². The lowest BCUT2D eigenvalue weighted by Crippen LogP contribution is -2.54. The summed E-state index contributed by atoms with van der Waals surface area (Å²) in [4.78, 5) is 26.9. The van der Waals surface area contributed by atoms with Crippen LogP contribution in [0.25, 0.3) is 6.08 Å². The molecule has 1 saturated heterocycles. The Morgan fingerprint density at radius 3 is 2.39 bits per heavy atom. The third kappa shape index (κ3) is 4.10. The molecule has 3 aromatic rings. The Morgan fingerprint density at radius 2 is 1.74 bits per heavy atom. The van der Waals surface area contributed by atoms with Gasteiger partial charge < -0.3 is 4.74 Å². The summed E-state index contributed by atoms with van der Waals surface area (Å²) in [6, 6.07) is 16.3. The second-order valence-corrected chi connectivity index (χ2v) is 7.25. The first-order chi connectivity index (χ1) is 15.0. The minimum atomic E-state index is -0.529. The van der Waals surface area contributed by atoms with Crippen molar-refractivity contribution in [3.63, 3.8) is 0 Å². The van der Waals surface area contributed by atoms with E-state index >= 15 is 0 Å². The zero-order valence-corrected chi connectivity index (χ0v) is 17.8. The fourth-order valence-corrected chi connectivity index (χ4v) is 3.54. The molecule has 0 atom stereocenters. The number of ether oxygens (including phenoxy) is 1. The maximum absolute atomic E-state index is 13.2. The highest BCUT2D eigenvalue weighted by Gasteiger charge is 2.34. The minimum Gasteiger partial charge on any atom is -0.457 e. The van der Waals surface area contributed by atoms with Crippen LogP contribution in [-0.2, 0) is 16.1 Å². The molecular weight excluding hydrogens is 412 g/mol. The van der Waals surface area contributed by atoms with Gasteiger partial charge in [0.05, 0.1) is 11.9 Å². The number of rotatable bonds is 5. The lowest BCUT2D eigenvalue weighted by Gasteiger charge is -2.29. The van der Waals surface area contributed by atoms with Crippen molar-refractivity contribution < 1.29 is 14.3 Å². The molecule has 0 spiro atoms. The second-order valence-electron chi connectivity index (χ2n) is 6.87. The molecule has 0 unspecified atom stereocenters. The van der Waals surface area contributed by atoms with E-state index < -0.39 is 11.8 Å². The average molecular weight is 433 g/mol. The first kappa shape index (κ1) is 20.5. The van der Waals surface area contributed by atoms with Crippen molar-refractivity contribution >= 4 is 40.9 Å². The zero-order valence-electron chi connectivity index (χ0n) is 17.0. The monoisotopic (exact) mass is 432 g/mol. The van der Waals surface area contributed by atoms with E-state index in [0.717, 1.165) is 5.69 Å². The fourth-order valence-electron chi connectivity index (χ4n) is 3.26. The molecule has 1 N–H and O–H groups in total. The number of carbonyl (C=O) groups excluding carboxylic acids is 2. The maximum atomic E-state index is 13.2. The lowest BCUT2D eigenvalue weighted by molar-refractivity contribution is -0.122. The van der Waals surface area contributed by atoms with Crippen LogP contribution >= 0.6 is 12.2 Å². The molecular formula is C23H20N4O3S. The summed E-state index contributed by atoms with van der Waals surface area (Å²) in [5.74, 6) is 0.307. The summed E-state index contributed by atoms with van der Waals surface area (Å²) in [5, 5.41) is 6.89. The molecule has 7 nitrogen and oxygen atoms in total. The van der Waals surface area contributed by atoms with Gasteiger partial charge in [-0.3, -0.25) is 24.5 Å². The fraction of sp³-hybridized carbons (Fsp3) is 0.130. The van der Waals surface area contributed by atoms with Crippen LogP contribution < -0.4 is 15.0 Å². The Balaban J connectivity index is 1.61. The van der Waals surface area contributed by atoms with Gasteiger partial charge in [-0.15, -0.1) is 0 Å². The first-order valence-electron chi connectivity index (χ1n) is 9.74. The number of hydrogen-bond donors (Lipinski definition) is 1. The molecule has 0 saturated carbocycles. The summed E-state index contributed by atoms with van der Waals surface area (Å²) in [6.07, 6.45) is 3.19. The minimum absolute atomic E-state index is 0.00281. The molecule has 8 heteroatoms. The van der Waals surface area contributed by atoms with Gasteiger partial charge in [-0.05, 0) is 68.5 Å². The molecule has 0 bridgehead atoms. The Morgan fingerprint density at radius 1 is 1.06 bits per heavy atom. The van der Waals surface area contributed by atoms with Crippen molar-refractivity contribution in [3.8, 4) is 11.5 Å². The van der Waals surface area contributed by atoms with E-state index in [2.05, 4.69) is 10.4 Å². The van der Waals surface area contributed by atoms with Crippen LogP contribution in [0.5, 0.6) is 11.5 Å². The lowest BCUT2D eigenvalue weighted by atomic mass is 10.1. The summed E-state index contributed by atoms with van der Waals surface area (Å²) in [5.41, 5.74) is 2.11. The largest absolute Gasteiger partial charge is 0.457 e. The van der Waals surface area contributed by atoms with Crippen molar-refractivity contribution in [2.24, 2.45) is 0 Å². The molecule has 1 aliphatic rings. The number of aromatic nitrogens is 2. The van der Waals surface area contributed by atoms with Gasteiger partial charge in [0, 0.05) is 17.8 Å². The van der Waals surface area contributed by atoms with Crippen molar-refractivity contribution in [2.75, 3.05) is 4.90 Å². The van der Waals surface area contributed by atoms with Crippen LogP contribution in [-0.4, -0.2) is 26.7 Å². The molecule has 4 rings (SSSR count). The van der Waals surface area contributed by atoms with Crippen LogP contribution in [0.1, 0.15) is 18.2 Å².